The summed E-state index contributed by atoms with van der Waals surface area (Å²) in [6.45, 7) is 7.83. The number of carbonyl (C=O) groups is 1. The SMILES string of the molecule is Cc1ccccc1CNC(=O)c1cc(NCCC(C)C)ccn1. The molecule has 0 spiro atoms. The summed E-state index contributed by atoms with van der Waals surface area (Å²) in [5.41, 5.74) is 3.66. The van der Waals surface area contributed by atoms with E-state index in [0.29, 0.717) is 18.2 Å². The Hall–Kier alpha value is -2.36. The molecule has 0 atom stereocenters. The van der Waals surface area contributed by atoms with Crippen molar-refractivity contribution in [2.75, 3.05) is 11.9 Å². The molecule has 0 aliphatic carbocycles. The molecule has 0 fully saturated rings. The van der Waals surface area contributed by atoms with Gasteiger partial charge in [0, 0.05) is 25.0 Å². The number of rotatable bonds is 7. The molecule has 122 valence electrons. The van der Waals surface area contributed by atoms with Gasteiger partial charge in [-0.3, -0.25) is 9.78 Å². The molecule has 23 heavy (non-hydrogen) atoms. The smallest absolute Gasteiger partial charge is 0.270 e. The maximum absolute atomic E-state index is 12.3. The number of nitrogens with zero attached hydrogens (tertiary/aromatic N) is 1. The summed E-state index contributed by atoms with van der Waals surface area (Å²) in [5.74, 6) is 0.502. The lowest BCUT2D eigenvalue weighted by Crippen LogP contribution is -2.24. The molecule has 1 amide bonds. The molecule has 0 radical (unpaired) electrons. The fraction of sp³-hybridized carbons (Fsp3) is 0.368. The zero-order chi connectivity index (χ0) is 16.7. The fourth-order valence-electron chi connectivity index (χ4n) is 2.24. The molecular weight excluding hydrogens is 286 g/mol. The second kappa shape index (κ2) is 8.32. The number of anilines is 1. The molecule has 2 N–H and O–H groups in total. The van der Waals surface area contributed by atoms with Crippen molar-refractivity contribution >= 4 is 11.6 Å². The fourth-order valence-corrected chi connectivity index (χ4v) is 2.24. The van der Waals surface area contributed by atoms with Crippen LogP contribution >= 0.6 is 0 Å². The first-order chi connectivity index (χ1) is 11.1. The van der Waals surface area contributed by atoms with Crippen molar-refractivity contribution < 1.29 is 4.79 Å². The third-order valence-electron chi connectivity index (χ3n) is 3.74. The van der Waals surface area contributed by atoms with E-state index in [4.69, 9.17) is 0 Å². The predicted octanol–water partition coefficient (Wildman–Crippen LogP) is 3.78. The Labute approximate surface area is 138 Å². The Morgan fingerprint density at radius 3 is 2.74 bits per heavy atom. The lowest BCUT2D eigenvalue weighted by atomic mass is 10.1. The Balaban J connectivity index is 1.93. The molecule has 1 heterocycles. The Bertz CT molecular complexity index is 653. The van der Waals surface area contributed by atoms with Gasteiger partial charge in [-0.05, 0) is 42.5 Å². The number of nitrogens with one attached hydrogen (secondary N) is 2. The van der Waals surface area contributed by atoms with Gasteiger partial charge in [0.2, 0.25) is 0 Å². The van der Waals surface area contributed by atoms with E-state index in [-0.39, 0.29) is 5.91 Å². The summed E-state index contributed by atoms with van der Waals surface area (Å²) in [5, 5.41) is 6.26. The molecule has 2 aromatic rings. The first-order valence-electron chi connectivity index (χ1n) is 8.09. The molecule has 0 saturated heterocycles. The second-order valence-electron chi connectivity index (χ2n) is 6.15. The lowest BCUT2D eigenvalue weighted by Gasteiger charge is -2.10. The van der Waals surface area contributed by atoms with Crippen molar-refractivity contribution in [1.29, 1.82) is 0 Å². The van der Waals surface area contributed by atoms with Crippen LogP contribution in [0.3, 0.4) is 0 Å². The molecule has 4 nitrogen and oxygen atoms in total. The number of benzene rings is 1. The molecule has 2 rings (SSSR count). The zero-order valence-corrected chi connectivity index (χ0v) is 14.1. The van der Waals surface area contributed by atoms with Gasteiger partial charge in [-0.1, -0.05) is 38.1 Å². The zero-order valence-electron chi connectivity index (χ0n) is 14.1. The van der Waals surface area contributed by atoms with Crippen LogP contribution in [0.15, 0.2) is 42.6 Å². The molecule has 0 bridgehead atoms. The van der Waals surface area contributed by atoms with Gasteiger partial charge >= 0.3 is 0 Å². The maximum atomic E-state index is 12.3. The number of hydrogen-bond acceptors (Lipinski definition) is 3. The van der Waals surface area contributed by atoms with Gasteiger partial charge in [0.15, 0.2) is 0 Å². The molecular formula is C19H25N3O. The molecule has 1 aromatic heterocycles. The topological polar surface area (TPSA) is 54.0 Å². The van der Waals surface area contributed by atoms with Crippen LogP contribution in [0.4, 0.5) is 5.69 Å². The largest absolute Gasteiger partial charge is 0.385 e. The average Bonchev–Trinajstić information content (AvgIpc) is 2.54. The first-order valence-corrected chi connectivity index (χ1v) is 8.09. The van der Waals surface area contributed by atoms with E-state index in [2.05, 4.69) is 29.5 Å². The van der Waals surface area contributed by atoms with Crippen molar-refractivity contribution in [3.63, 3.8) is 0 Å². The quantitative estimate of drug-likeness (QED) is 0.818. The minimum atomic E-state index is -0.152. The highest BCUT2D eigenvalue weighted by atomic mass is 16.1. The standard InChI is InChI=1S/C19H25N3O/c1-14(2)8-10-20-17-9-11-21-18(12-17)19(23)22-13-16-7-5-4-6-15(16)3/h4-7,9,11-12,14H,8,10,13H2,1-3H3,(H,20,21)(H,22,23). The minimum Gasteiger partial charge on any atom is -0.385 e. The second-order valence-corrected chi connectivity index (χ2v) is 6.15. The van der Waals surface area contributed by atoms with E-state index >= 15 is 0 Å². The van der Waals surface area contributed by atoms with Crippen LogP contribution in [0.5, 0.6) is 0 Å². The first kappa shape index (κ1) is 17.0. The Morgan fingerprint density at radius 2 is 2.00 bits per heavy atom. The van der Waals surface area contributed by atoms with Crippen molar-refractivity contribution in [2.45, 2.75) is 33.7 Å². The van der Waals surface area contributed by atoms with Gasteiger partial charge in [-0.2, -0.15) is 0 Å². The molecule has 0 saturated carbocycles. The maximum Gasteiger partial charge on any atom is 0.270 e. The minimum absolute atomic E-state index is 0.152. The summed E-state index contributed by atoms with van der Waals surface area (Å²) in [7, 11) is 0. The summed E-state index contributed by atoms with van der Waals surface area (Å²) < 4.78 is 0. The summed E-state index contributed by atoms with van der Waals surface area (Å²) >= 11 is 0. The van der Waals surface area contributed by atoms with Crippen molar-refractivity contribution in [3.8, 4) is 0 Å². The van der Waals surface area contributed by atoms with E-state index in [0.717, 1.165) is 24.2 Å². The van der Waals surface area contributed by atoms with Gasteiger partial charge in [0.05, 0.1) is 0 Å². The summed E-state index contributed by atoms with van der Waals surface area (Å²) in [6.07, 6.45) is 2.76. The molecule has 0 unspecified atom stereocenters. The van der Waals surface area contributed by atoms with Crippen LogP contribution in [0, 0.1) is 12.8 Å². The van der Waals surface area contributed by atoms with Crippen LogP contribution in [0.2, 0.25) is 0 Å². The monoisotopic (exact) mass is 311 g/mol. The van der Waals surface area contributed by atoms with Crippen molar-refractivity contribution in [3.05, 3.63) is 59.4 Å². The molecule has 0 aliphatic heterocycles. The van der Waals surface area contributed by atoms with Gasteiger partial charge in [-0.15, -0.1) is 0 Å². The van der Waals surface area contributed by atoms with E-state index in [1.807, 2.05) is 37.3 Å². The number of hydrogen-bond donors (Lipinski definition) is 2. The number of aryl methyl sites for hydroxylation is 1. The lowest BCUT2D eigenvalue weighted by molar-refractivity contribution is 0.0946. The predicted molar refractivity (Wildman–Crippen MR) is 94.5 cm³/mol. The van der Waals surface area contributed by atoms with Crippen LogP contribution < -0.4 is 10.6 Å². The average molecular weight is 311 g/mol. The number of amides is 1. The Morgan fingerprint density at radius 1 is 1.22 bits per heavy atom. The highest BCUT2D eigenvalue weighted by Crippen LogP contribution is 2.10. The molecule has 0 aliphatic rings. The molecule has 1 aromatic carbocycles. The van der Waals surface area contributed by atoms with Crippen molar-refractivity contribution in [2.24, 2.45) is 5.92 Å². The highest BCUT2D eigenvalue weighted by Gasteiger charge is 2.08. The van der Waals surface area contributed by atoms with Gasteiger partial charge < -0.3 is 10.6 Å². The van der Waals surface area contributed by atoms with E-state index in [1.54, 1.807) is 12.3 Å². The third-order valence-corrected chi connectivity index (χ3v) is 3.74. The van der Waals surface area contributed by atoms with Crippen LogP contribution in [-0.4, -0.2) is 17.4 Å². The van der Waals surface area contributed by atoms with E-state index in [1.165, 1.54) is 5.56 Å². The number of aromatic nitrogens is 1. The summed E-state index contributed by atoms with van der Waals surface area (Å²) in [6, 6.07) is 11.7. The van der Waals surface area contributed by atoms with Crippen LogP contribution in [-0.2, 0) is 6.54 Å². The van der Waals surface area contributed by atoms with E-state index < -0.39 is 0 Å². The summed E-state index contributed by atoms with van der Waals surface area (Å²) in [4.78, 5) is 16.4. The van der Waals surface area contributed by atoms with E-state index in [9.17, 15) is 4.79 Å². The van der Waals surface area contributed by atoms with Crippen LogP contribution in [0.25, 0.3) is 0 Å². The number of pyridine rings is 1. The highest BCUT2D eigenvalue weighted by molar-refractivity contribution is 5.93. The van der Waals surface area contributed by atoms with Gasteiger partial charge in [0.1, 0.15) is 5.69 Å². The number of carbonyl (C=O) groups excluding carboxylic acids is 1. The van der Waals surface area contributed by atoms with Crippen molar-refractivity contribution in [1.82, 2.24) is 10.3 Å². The molecule has 4 heteroatoms. The Kier molecular flexibility index (Phi) is 6.15. The third kappa shape index (κ3) is 5.40. The van der Waals surface area contributed by atoms with Gasteiger partial charge in [-0.25, -0.2) is 0 Å². The normalized spacial score (nSPS) is 10.6. The van der Waals surface area contributed by atoms with Crippen LogP contribution in [0.1, 0.15) is 41.9 Å². The van der Waals surface area contributed by atoms with Gasteiger partial charge in [0.25, 0.3) is 5.91 Å².